The highest BCUT2D eigenvalue weighted by Crippen LogP contribution is 2.40. The Bertz CT molecular complexity index is 1290. The molecule has 188 valence electrons. The molecule has 35 heavy (non-hydrogen) atoms. The number of rotatable bonds is 3. The molecule has 0 bridgehead atoms. The smallest absolute Gasteiger partial charge is 0.410 e. The molecule has 0 aliphatic carbocycles. The summed E-state index contributed by atoms with van der Waals surface area (Å²) in [6.45, 7) is 7.18. The quantitative estimate of drug-likeness (QED) is 0.443. The van der Waals surface area contributed by atoms with Crippen molar-refractivity contribution < 1.29 is 22.7 Å². The standard InChI is InChI=1S/C24H27ClF3N5O2/c1-22(2,3)35-21(34)33-8-4-7-23(33)11-31(12-23)10-15-5-6-17-16(9-15)18-19(20(25)30-14-29-18)32(17)13-24(26,27)28/h5-6,9,14H,4,7-8,10-13H2,1-3H3. The number of amides is 1. The Labute approximate surface area is 205 Å². The van der Waals surface area contributed by atoms with Crippen LogP contribution in [0.3, 0.4) is 0 Å². The first-order chi connectivity index (χ1) is 16.4. The molecule has 0 radical (unpaired) electrons. The van der Waals surface area contributed by atoms with E-state index in [4.69, 9.17) is 16.3 Å². The normalized spacial score (nSPS) is 18.5. The third-order valence-electron chi connectivity index (χ3n) is 6.64. The number of likely N-dealkylation sites (tertiary alicyclic amines) is 2. The molecule has 1 aromatic carbocycles. The first-order valence-corrected chi connectivity index (χ1v) is 11.9. The molecule has 1 amide bonds. The Hall–Kier alpha value is -2.59. The van der Waals surface area contributed by atoms with Crippen molar-refractivity contribution in [1.82, 2.24) is 24.3 Å². The maximum Gasteiger partial charge on any atom is 0.410 e. The Morgan fingerprint density at radius 3 is 2.63 bits per heavy atom. The minimum Gasteiger partial charge on any atom is -0.444 e. The minimum atomic E-state index is -4.41. The van der Waals surface area contributed by atoms with Gasteiger partial charge in [0, 0.05) is 31.6 Å². The fourth-order valence-corrected chi connectivity index (χ4v) is 5.62. The molecule has 2 saturated heterocycles. The summed E-state index contributed by atoms with van der Waals surface area (Å²) in [6, 6.07) is 5.40. The summed E-state index contributed by atoms with van der Waals surface area (Å²) in [5.74, 6) is 0. The van der Waals surface area contributed by atoms with Gasteiger partial charge in [0.2, 0.25) is 0 Å². The fraction of sp³-hybridized carbons (Fsp3) is 0.542. The molecule has 0 atom stereocenters. The summed E-state index contributed by atoms with van der Waals surface area (Å²) in [5.41, 5.74) is 1.19. The number of hydrogen-bond donors (Lipinski definition) is 0. The van der Waals surface area contributed by atoms with Gasteiger partial charge in [-0.25, -0.2) is 14.8 Å². The number of nitrogens with zero attached hydrogens (tertiary/aromatic N) is 5. The summed E-state index contributed by atoms with van der Waals surface area (Å²) in [6.07, 6.45) is -1.55. The lowest BCUT2D eigenvalue weighted by molar-refractivity contribution is -0.139. The van der Waals surface area contributed by atoms with Crippen LogP contribution in [0.5, 0.6) is 0 Å². The molecule has 0 unspecified atom stereocenters. The molecule has 2 aliphatic heterocycles. The van der Waals surface area contributed by atoms with Crippen molar-refractivity contribution in [3.05, 3.63) is 35.2 Å². The SMILES string of the molecule is CC(C)(C)OC(=O)N1CCCC12CN(Cc1ccc3c(c1)c1ncnc(Cl)c1n3CC(F)(F)F)C2. The van der Waals surface area contributed by atoms with Gasteiger partial charge >= 0.3 is 12.3 Å². The largest absolute Gasteiger partial charge is 0.444 e. The van der Waals surface area contributed by atoms with Crippen molar-refractivity contribution in [2.24, 2.45) is 0 Å². The van der Waals surface area contributed by atoms with Gasteiger partial charge in [-0.05, 0) is 51.3 Å². The van der Waals surface area contributed by atoms with Gasteiger partial charge in [-0.3, -0.25) is 9.80 Å². The minimum absolute atomic E-state index is 0.00912. The monoisotopic (exact) mass is 509 g/mol. The van der Waals surface area contributed by atoms with E-state index in [2.05, 4.69) is 14.9 Å². The van der Waals surface area contributed by atoms with Gasteiger partial charge in [-0.1, -0.05) is 17.7 Å². The molecule has 7 nitrogen and oxygen atoms in total. The summed E-state index contributed by atoms with van der Waals surface area (Å²) in [7, 11) is 0. The third kappa shape index (κ3) is 4.53. The summed E-state index contributed by atoms with van der Waals surface area (Å²) in [5, 5.41) is 0.600. The molecule has 4 heterocycles. The number of carbonyl (C=O) groups excluding carboxylic acids is 1. The number of aromatic nitrogens is 3. The zero-order chi connectivity index (χ0) is 25.2. The molecule has 2 aliphatic rings. The van der Waals surface area contributed by atoms with Gasteiger partial charge in [-0.2, -0.15) is 13.2 Å². The van der Waals surface area contributed by atoms with Gasteiger partial charge in [-0.15, -0.1) is 0 Å². The Balaban J connectivity index is 1.38. The number of halogens is 4. The van der Waals surface area contributed by atoms with E-state index in [9.17, 15) is 18.0 Å². The molecule has 3 aromatic rings. The number of ether oxygens (including phenoxy) is 1. The Morgan fingerprint density at radius 1 is 1.20 bits per heavy atom. The summed E-state index contributed by atoms with van der Waals surface area (Å²) < 4.78 is 46.6. The van der Waals surface area contributed by atoms with Crippen LogP contribution in [0.2, 0.25) is 5.15 Å². The zero-order valence-corrected chi connectivity index (χ0v) is 20.6. The molecule has 11 heteroatoms. The van der Waals surface area contributed by atoms with E-state index in [-0.39, 0.29) is 22.3 Å². The van der Waals surface area contributed by atoms with Gasteiger partial charge < -0.3 is 9.30 Å². The number of alkyl halides is 3. The first-order valence-electron chi connectivity index (χ1n) is 11.6. The highest BCUT2D eigenvalue weighted by atomic mass is 35.5. The zero-order valence-electron chi connectivity index (χ0n) is 19.8. The van der Waals surface area contributed by atoms with E-state index >= 15 is 0 Å². The van der Waals surface area contributed by atoms with Crippen LogP contribution < -0.4 is 0 Å². The lowest BCUT2D eigenvalue weighted by atomic mass is 9.86. The van der Waals surface area contributed by atoms with E-state index in [1.54, 1.807) is 6.07 Å². The molecular formula is C24H27ClF3N5O2. The van der Waals surface area contributed by atoms with Crippen molar-refractivity contribution in [3.8, 4) is 0 Å². The van der Waals surface area contributed by atoms with Crippen LogP contribution in [-0.2, 0) is 17.8 Å². The van der Waals surface area contributed by atoms with Crippen LogP contribution in [0.4, 0.5) is 18.0 Å². The molecule has 0 N–H and O–H groups in total. The second-order valence-corrected chi connectivity index (χ2v) is 10.9. The maximum absolute atomic E-state index is 13.3. The van der Waals surface area contributed by atoms with Gasteiger partial charge in [0.15, 0.2) is 5.15 Å². The van der Waals surface area contributed by atoms with Crippen molar-refractivity contribution in [1.29, 1.82) is 0 Å². The fourth-order valence-electron chi connectivity index (χ4n) is 5.39. The number of hydrogen-bond acceptors (Lipinski definition) is 5. The second-order valence-electron chi connectivity index (χ2n) is 10.5. The average Bonchev–Trinajstić information content (AvgIpc) is 3.27. The van der Waals surface area contributed by atoms with Crippen LogP contribution in [0.15, 0.2) is 24.5 Å². The highest BCUT2D eigenvalue weighted by Gasteiger charge is 2.52. The van der Waals surface area contributed by atoms with Crippen molar-refractivity contribution in [2.45, 2.75) is 64.0 Å². The van der Waals surface area contributed by atoms with Crippen molar-refractivity contribution in [3.63, 3.8) is 0 Å². The number of fused-ring (bicyclic) bond motifs is 3. The van der Waals surface area contributed by atoms with Gasteiger partial charge in [0.05, 0.1) is 11.1 Å². The Morgan fingerprint density at radius 2 is 1.94 bits per heavy atom. The molecule has 2 fully saturated rings. The third-order valence-corrected chi connectivity index (χ3v) is 6.92. The van der Waals surface area contributed by atoms with Crippen LogP contribution in [0.25, 0.3) is 21.9 Å². The second kappa shape index (κ2) is 8.23. The van der Waals surface area contributed by atoms with E-state index in [0.717, 1.165) is 36.1 Å². The van der Waals surface area contributed by atoms with E-state index in [0.29, 0.717) is 29.5 Å². The topological polar surface area (TPSA) is 63.5 Å². The highest BCUT2D eigenvalue weighted by molar-refractivity contribution is 6.34. The van der Waals surface area contributed by atoms with E-state index in [1.807, 2.05) is 37.8 Å². The molecule has 5 rings (SSSR count). The van der Waals surface area contributed by atoms with Crippen LogP contribution in [0, 0.1) is 0 Å². The van der Waals surface area contributed by atoms with Gasteiger partial charge in [0.1, 0.15) is 29.5 Å². The lowest BCUT2D eigenvalue weighted by Gasteiger charge is -2.52. The maximum atomic E-state index is 13.3. The van der Waals surface area contributed by atoms with Gasteiger partial charge in [0.25, 0.3) is 0 Å². The van der Waals surface area contributed by atoms with E-state index in [1.165, 1.54) is 6.33 Å². The molecular weight excluding hydrogens is 483 g/mol. The van der Waals surface area contributed by atoms with Crippen molar-refractivity contribution in [2.75, 3.05) is 19.6 Å². The van der Waals surface area contributed by atoms with E-state index < -0.39 is 18.3 Å². The lowest BCUT2D eigenvalue weighted by Crippen LogP contribution is -2.68. The molecule has 1 spiro atoms. The predicted molar refractivity (Wildman–Crippen MR) is 126 cm³/mol. The van der Waals surface area contributed by atoms with Crippen LogP contribution >= 0.6 is 11.6 Å². The van der Waals surface area contributed by atoms with Crippen molar-refractivity contribution >= 4 is 39.6 Å². The predicted octanol–water partition coefficient (Wildman–Crippen LogP) is 5.39. The number of carbonyl (C=O) groups is 1. The molecule has 0 saturated carbocycles. The van der Waals surface area contributed by atoms with Crippen LogP contribution in [-0.4, -0.2) is 67.4 Å². The summed E-state index contributed by atoms with van der Waals surface area (Å²) >= 11 is 6.18. The van der Waals surface area contributed by atoms with Crippen LogP contribution in [0.1, 0.15) is 39.2 Å². The summed E-state index contributed by atoms with van der Waals surface area (Å²) in [4.78, 5) is 24.9. The number of benzene rings is 1. The average molecular weight is 510 g/mol. The Kier molecular flexibility index (Phi) is 5.67. The molecule has 2 aromatic heterocycles. The first kappa shape index (κ1) is 24.1.